The van der Waals surface area contributed by atoms with Crippen LogP contribution in [-0.2, 0) is 10.0 Å². The number of sulfonamides is 1. The Morgan fingerprint density at radius 2 is 2.16 bits per heavy atom. The van der Waals surface area contributed by atoms with Crippen LogP contribution in [0.25, 0.3) is 0 Å². The minimum atomic E-state index is -3.62. The number of amides is 1. The Balaban J connectivity index is 2.63. The molecule has 0 fully saturated rings. The van der Waals surface area contributed by atoms with Crippen molar-refractivity contribution in [3.8, 4) is 0 Å². The molecule has 10 heteroatoms. The van der Waals surface area contributed by atoms with E-state index >= 15 is 0 Å². The summed E-state index contributed by atoms with van der Waals surface area (Å²) in [6, 6.07) is 2.80. The van der Waals surface area contributed by atoms with Crippen molar-refractivity contribution in [3.63, 3.8) is 0 Å². The molecule has 1 rings (SSSR count). The molecule has 0 aliphatic heterocycles. The SMILES string of the molecule is NC(=NO)c1ccc(C(=O)NCCS(N)(=O)=O)nc1. The first-order chi connectivity index (χ1) is 8.83. The molecule has 104 valence electrons. The van der Waals surface area contributed by atoms with Crippen LogP contribution in [-0.4, -0.2) is 42.6 Å². The summed E-state index contributed by atoms with van der Waals surface area (Å²) in [6.07, 6.45) is 1.25. The number of carbonyl (C=O) groups is 1. The zero-order valence-corrected chi connectivity index (χ0v) is 10.6. The molecule has 0 saturated carbocycles. The molecule has 0 unspecified atom stereocenters. The number of aromatic nitrogens is 1. The van der Waals surface area contributed by atoms with Gasteiger partial charge in [0.05, 0.1) is 5.75 Å². The van der Waals surface area contributed by atoms with Crippen LogP contribution in [0.2, 0.25) is 0 Å². The monoisotopic (exact) mass is 287 g/mol. The van der Waals surface area contributed by atoms with Crippen molar-refractivity contribution in [2.45, 2.75) is 0 Å². The number of hydrogen-bond donors (Lipinski definition) is 4. The average molecular weight is 287 g/mol. The molecule has 0 bridgehead atoms. The van der Waals surface area contributed by atoms with Crippen LogP contribution in [0.4, 0.5) is 0 Å². The van der Waals surface area contributed by atoms with Crippen LogP contribution in [0.5, 0.6) is 0 Å². The number of amidine groups is 1. The molecule has 1 aromatic rings. The van der Waals surface area contributed by atoms with Gasteiger partial charge >= 0.3 is 0 Å². The lowest BCUT2D eigenvalue weighted by atomic mass is 10.2. The van der Waals surface area contributed by atoms with Gasteiger partial charge in [-0.25, -0.2) is 13.6 Å². The number of hydrogen-bond acceptors (Lipinski definition) is 6. The lowest BCUT2D eigenvalue weighted by Gasteiger charge is -2.04. The molecule has 0 radical (unpaired) electrons. The van der Waals surface area contributed by atoms with Crippen LogP contribution in [0.1, 0.15) is 16.1 Å². The maximum absolute atomic E-state index is 11.6. The van der Waals surface area contributed by atoms with E-state index in [0.717, 1.165) is 0 Å². The highest BCUT2D eigenvalue weighted by molar-refractivity contribution is 7.89. The Labute approximate surface area is 109 Å². The average Bonchev–Trinajstić information content (AvgIpc) is 2.36. The lowest BCUT2D eigenvalue weighted by Crippen LogP contribution is -2.32. The predicted octanol–water partition coefficient (Wildman–Crippen LogP) is -1.81. The molecule has 0 aliphatic carbocycles. The van der Waals surface area contributed by atoms with E-state index in [1.165, 1.54) is 18.3 Å². The van der Waals surface area contributed by atoms with Crippen LogP contribution in [0.3, 0.4) is 0 Å². The Bertz CT molecular complexity index is 581. The third-order valence-corrected chi connectivity index (χ3v) is 2.84. The highest BCUT2D eigenvalue weighted by Gasteiger charge is 2.09. The van der Waals surface area contributed by atoms with E-state index in [2.05, 4.69) is 15.5 Å². The van der Waals surface area contributed by atoms with Crippen molar-refractivity contribution < 1.29 is 18.4 Å². The Morgan fingerprint density at radius 3 is 2.63 bits per heavy atom. The normalized spacial score (nSPS) is 12.2. The van der Waals surface area contributed by atoms with E-state index in [1.54, 1.807) is 0 Å². The molecule has 0 spiro atoms. The molecule has 19 heavy (non-hydrogen) atoms. The van der Waals surface area contributed by atoms with Crippen LogP contribution in [0, 0.1) is 0 Å². The molecule has 0 atom stereocenters. The fraction of sp³-hybridized carbons (Fsp3) is 0.222. The van der Waals surface area contributed by atoms with Crippen molar-refractivity contribution in [2.75, 3.05) is 12.3 Å². The fourth-order valence-electron chi connectivity index (χ4n) is 1.13. The van der Waals surface area contributed by atoms with Gasteiger partial charge in [0, 0.05) is 18.3 Å². The number of nitrogens with zero attached hydrogens (tertiary/aromatic N) is 2. The second kappa shape index (κ2) is 6.11. The third kappa shape index (κ3) is 4.89. The van der Waals surface area contributed by atoms with Gasteiger partial charge in [-0.05, 0) is 12.1 Å². The summed E-state index contributed by atoms with van der Waals surface area (Å²) in [6.45, 7) is -0.110. The quantitative estimate of drug-likeness (QED) is 0.216. The second-order valence-corrected chi connectivity index (χ2v) is 5.27. The van der Waals surface area contributed by atoms with E-state index in [0.29, 0.717) is 5.56 Å². The first kappa shape index (κ1) is 14.9. The number of nitrogens with two attached hydrogens (primary N) is 2. The molecule has 0 aromatic carbocycles. The number of nitrogens with one attached hydrogen (secondary N) is 1. The maximum Gasteiger partial charge on any atom is 0.269 e. The number of carbonyl (C=O) groups excluding carboxylic acids is 1. The van der Waals surface area contributed by atoms with Gasteiger partial charge in [0.25, 0.3) is 5.91 Å². The standard InChI is InChI=1S/C9H13N5O4S/c10-8(14-16)6-1-2-7(13-5-6)9(15)12-3-4-19(11,17)18/h1-2,5,16H,3-4H2,(H2,10,14)(H,12,15)(H2,11,17,18). The van der Waals surface area contributed by atoms with Crippen LogP contribution < -0.4 is 16.2 Å². The lowest BCUT2D eigenvalue weighted by molar-refractivity contribution is 0.0951. The second-order valence-electron chi connectivity index (χ2n) is 3.54. The van der Waals surface area contributed by atoms with Crippen molar-refractivity contribution in [2.24, 2.45) is 16.0 Å². The molecule has 0 saturated heterocycles. The topological polar surface area (TPSA) is 161 Å². The van der Waals surface area contributed by atoms with Gasteiger partial charge in [0.15, 0.2) is 5.84 Å². The summed E-state index contributed by atoms with van der Waals surface area (Å²) in [5.74, 6) is -1.04. The summed E-state index contributed by atoms with van der Waals surface area (Å²) in [4.78, 5) is 15.4. The van der Waals surface area contributed by atoms with Gasteiger partial charge in [-0.1, -0.05) is 5.16 Å². The largest absolute Gasteiger partial charge is 0.409 e. The summed E-state index contributed by atoms with van der Waals surface area (Å²) >= 11 is 0. The van der Waals surface area contributed by atoms with E-state index in [4.69, 9.17) is 16.1 Å². The van der Waals surface area contributed by atoms with E-state index < -0.39 is 15.9 Å². The fourth-order valence-corrected chi connectivity index (χ4v) is 1.52. The summed E-state index contributed by atoms with van der Waals surface area (Å²) in [5, 5.41) is 18.4. The zero-order valence-electron chi connectivity index (χ0n) is 9.78. The number of rotatable bonds is 5. The van der Waals surface area contributed by atoms with Gasteiger partial charge in [-0.3, -0.25) is 9.78 Å². The molecular formula is C9H13N5O4S. The van der Waals surface area contributed by atoms with E-state index in [1.807, 2.05) is 0 Å². The predicted molar refractivity (Wildman–Crippen MR) is 67.1 cm³/mol. The van der Waals surface area contributed by atoms with Gasteiger partial charge in [0.2, 0.25) is 10.0 Å². The van der Waals surface area contributed by atoms with E-state index in [-0.39, 0.29) is 23.8 Å². The van der Waals surface area contributed by atoms with Crippen molar-refractivity contribution in [3.05, 3.63) is 29.6 Å². The van der Waals surface area contributed by atoms with Crippen molar-refractivity contribution in [1.82, 2.24) is 10.3 Å². The first-order valence-electron chi connectivity index (χ1n) is 5.06. The molecule has 1 amide bonds. The van der Waals surface area contributed by atoms with Gasteiger partial charge in [0.1, 0.15) is 5.69 Å². The smallest absolute Gasteiger partial charge is 0.269 e. The number of oxime groups is 1. The highest BCUT2D eigenvalue weighted by atomic mass is 32.2. The van der Waals surface area contributed by atoms with Gasteiger partial charge in [-0.15, -0.1) is 0 Å². The van der Waals surface area contributed by atoms with Crippen molar-refractivity contribution >= 4 is 21.8 Å². The maximum atomic E-state index is 11.6. The van der Waals surface area contributed by atoms with E-state index in [9.17, 15) is 13.2 Å². The third-order valence-electron chi connectivity index (χ3n) is 2.07. The van der Waals surface area contributed by atoms with Crippen LogP contribution in [0.15, 0.2) is 23.5 Å². The molecule has 0 aliphatic rings. The molecule has 1 aromatic heterocycles. The summed E-state index contributed by atoms with van der Waals surface area (Å²) in [7, 11) is -3.62. The number of primary sulfonamides is 1. The van der Waals surface area contributed by atoms with Gasteiger partial charge in [-0.2, -0.15) is 0 Å². The van der Waals surface area contributed by atoms with Crippen LogP contribution >= 0.6 is 0 Å². The minimum absolute atomic E-state index is 0.0731. The Kier molecular flexibility index (Phi) is 4.78. The molecule has 6 N–H and O–H groups in total. The van der Waals surface area contributed by atoms with Gasteiger partial charge < -0.3 is 16.3 Å². The minimum Gasteiger partial charge on any atom is -0.409 e. The summed E-state index contributed by atoms with van der Waals surface area (Å²) < 4.78 is 21.3. The van der Waals surface area contributed by atoms with Crippen molar-refractivity contribution in [1.29, 1.82) is 0 Å². The molecule has 9 nitrogen and oxygen atoms in total. The zero-order chi connectivity index (χ0) is 14.5. The Morgan fingerprint density at radius 1 is 1.47 bits per heavy atom. The molecule has 1 heterocycles. The molecular weight excluding hydrogens is 274 g/mol. The highest BCUT2D eigenvalue weighted by Crippen LogP contribution is 2.00. The summed E-state index contributed by atoms with van der Waals surface area (Å²) in [5.41, 5.74) is 5.75. The number of pyridine rings is 1. The Hall–Kier alpha value is -2.20. The first-order valence-corrected chi connectivity index (χ1v) is 6.77.